The van der Waals surface area contributed by atoms with Crippen LogP contribution in [0.4, 0.5) is 4.39 Å². The van der Waals surface area contributed by atoms with Crippen LogP contribution < -0.4 is 4.72 Å². The van der Waals surface area contributed by atoms with E-state index >= 15 is 0 Å². The molecule has 1 fully saturated rings. The number of hydrogen-bond acceptors (Lipinski definition) is 4. The number of furan rings is 1. The molecule has 2 aromatic rings. The third-order valence-electron chi connectivity index (χ3n) is 4.47. The first-order chi connectivity index (χ1) is 12.0. The second kappa shape index (κ2) is 8.12. The molecule has 0 radical (unpaired) electrons. The first-order valence-electron chi connectivity index (χ1n) is 8.53. The number of nitrogens with zero attached hydrogens (tertiary/aromatic N) is 1. The zero-order valence-corrected chi connectivity index (χ0v) is 14.8. The lowest BCUT2D eigenvalue weighted by molar-refractivity contribution is 0.147. The minimum atomic E-state index is -3.51. The Morgan fingerprint density at radius 2 is 1.84 bits per heavy atom. The molecule has 0 bridgehead atoms. The zero-order chi connectivity index (χ0) is 17.7. The predicted octanol–water partition coefficient (Wildman–Crippen LogP) is 3.07. The fourth-order valence-corrected chi connectivity index (χ4v) is 4.32. The maximum absolute atomic E-state index is 13.0. The van der Waals surface area contributed by atoms with Gasteiger partial charge in [-0.25, -0.2) is 17.5 Å². The molecule has 7 heteroatoms. The van der Waals surface area contributed by atoms with Crippen molar-refractivity contribution in [1.82, 2.24) is 9.62 Å². The summed E-state index contributed by atoms with van der Waals surface area (Å²) in [5, 5.41) is 0. The van der Waals surface area contributed by atoms with Crippen LogP contribution in [0.25, 0.3) is 0 Å². The number of hydrogen-bond donors (Lipinski definition) is 1. The van der Waals surface area contributed by atoms with E-state index in [0.717, 1.165) is 31.7 Å². The first kappa shape index (κ1) is 18.1. The van der Waals surface area contributed by atoms with Gasteiger partial charge in [0, 0.05) is 6.54 Å². The average Bonchev–Trinajstić information content (AvgIpc) is 3.12. The van der Waals surface area contributed by atoms with Crippen molar-refractivity contribution in [2.45, 2.75) is 31.1 Å². The van der Waals surface area contributed by atoms with Gasteiger partial charge in [-0.2, -0.15) is 0 Å². The Morgan fingerprint density at radius 3 is 2.48 bits per heavy atom. The van der Waals surface area contributed by atoms with Crippen molar-refractivity contribution in [1.29, 1.82) is 0 Å². The van der Waals surface area contributed by atoms with Gasteiger partial charge in [-0.05, 0) is 55.8 Å². The van der Waals surface area contributed by atoms with E-state index in [1.807, 2.05) is 12.1 Å². The number of likely N-dealkylation sites (tertiary alicyclic amines) is 1. The molecule has 1 aliphatic heterocycles. The molecule has 0 saturated carbocycles. The molecule has 1 atom stereocenters. The van der Waals surface area contributed by atoms with E-state index in [1.54, 1.807) is 6.26 Å². The van der Waals surface area contributed by atoms with E-state index in [9.17, 15) is 12.8 Å². The third-order valence-corrected chi connectivity index (χ3v) is 5.79. The topological polar surface area (TPSA) is 62.6 Å². The molecule has 0 amide bonds. The summed E-state index contributed by atoms with van der Waals surface area (Å²) in [5.41, 5.74) is 0.557. The first-order valence-corrected chi connectivity index (χ1v) is 10.2. The molecule has 25 heavy (non-hydrogen) atoms. The molecule has 5 nitrogen and oxygen atoms in total. The molecule has 1 unspecified atom stereocenters. The van der Waals surface area contributed by atoms with Gasteiger partial charge >= 0.3 is 0 Å². The molecule has 1 saturated heterocycles. The summed E-state index contributed by atoms with van der Waals surface area (Å²) in [6.07, 6.45) is 5.04. The van der Waals surface area contributed by atoms with Crippen LogP contribution in [-0.4, -0.2) is 33.0 Å². The van der Waals surface area contributed by atoms with E-state index in [4.69, 9.17) is 4.42 Å². The van der Waals surface area contributed by atoms with E-state index < -0.39 is 10.0 Å². The number of nitrogens with one attached hydrogen (secondary N) is 1. The van der Waals surface area contributed by atoms with Gasteiger partial charge in [-0.3, -0.25) is 4.90 Å². The van der Waals surface area contributed by atoms with Crippen molar-refractivity contribution in [3.05, 3.63) is 59.8 Å². The van der Waals surface area contributed by atoms with Crippen LogP contribution in [0, 0.1) is 5.82 Å². The summed E-state index contributed by atoms with van der Waals surface area (Å²) in [4.78, 5) is 2.27. The van der Waals surface area contributed by atoms with E-state index in [1.165, 1.54) is 30.7 Å². The maximum Gasteiger partial charge on any atom is 0.215 e. The quantitative estimate of drug-likeness (QED) is 0.818. The summed E-state index contributed by atoms with van der Waals surface area (Å²) in [6, 6.07) is 9.10. The van der Waals surface area contributed by atoms with Crippen molar-refractivity contribution in [3.63, 3.8) is 0 Å². The number of sulfonamides is 1. The fourth-order valence-electron chi connectivity index (χ4n) is 3.18. The Kier molecular flexibility index (Phi) is 5.88. The molecule has 3 rings (SSSR count). The predicted molar refractivity (Wildman–Crippen MR) is 93.9 cm³/mol. The maximum atomic E-state index is 13.0. The second-order valence-corrected chi connectivity index (χ2v) is 8.17. The number of halogens is 1. The second-order valence-electron chi connectivity index (χ2n) is 6.36. The molecule has 0 spiro atoms. The zero-order valence-electron chi connectivity index (χ0n) is 14.0. The van der Waals surface area contributed by atoms with Gasteiger partial charge in [0.2, 0.25) is 10.0 Å². The molecular formula is C18H23FN2O3S. The van der Waals surface area contributed by atoms with Gasteiger partial charge in [0.15, 0.2) is 0 Å². The molecule has 1 N–H and O–H groups in total. The number of benzene rings is 1. The van der Waals surface area contributed by atoms with Crippen molar-refractivity contribution >= 4 is 10.0 Å². The van der Waals surface area contributed by atoms with Crippen LogP contribution >= 0.6 is 0 Å². The fraction of sp³-hybridized carbons (Fsp3) is 0.444. The van der Waals surface area contributed by atoms with Gasteiger partial charge < -0.3 is 4.42 Å². The molecular weight excluding hydrogens is 343 g/mol. The van der Waals surface area contributed by atoms with Gasteiger partial charge in [0.25, 0.3) is 0 Å². The Morgan fingerprint density at radius 1 is 1.12 bits per heavy atom. The molecule has 0 aliphatic carbocycles. The minimum Gasteiger partial charge on any atom is -0.468 e. The van der Waals surface area contributed by atoms with Crippen molar-refractivity contribution in [3.8, 4) is 0 Å². The highest BCUT2D eigenvalue weighted by molar-refractivity contribution is 7.88. The molecule has 136 valence electrons. The van der Waals surface area contributed by atoms with E-state index in [-0.39, 0.29) is 24.2 Å². The van der Waals surface area contributed by atoms with E-state index in [0.29, 0.717) is 5.56 Å². The highest BCUT2D eigenvalue weighted by Crippen LogP contribution is 2.24. The van der Waals surface area contributed by atoms with Crippen LogP contribution in [0.3, 0.4) is 0 Å². The lowest BCUT2D eigenvalue weighted by atomic mass is 10.1. The number of rotatable bonds is 7. The minimum absolute atomic E-state index is 0.113. The van der Waals surface area contributed by atoms with Crippen LogP contribution in [0.15, 0.2) is 47.1 Å². The normalized spacial score (nSPS) is 17.5. The average molecular weight is 366 g/mol. The Hall–Kier alpha value is -1.70. The van der Waals surface area contributed by atoms with Crippen LogP contribution in [0.2, 0.25) is 0 Å². The smallest absolute Gasteiger partial charge is 0.215 e. The summed E-state index contributed by atoms with van der Waals surface area (Å²) in [5.74, 6) is 0.224. The van der Waals surface area contributed by atoms with Crippen LogP contribution in [-0.2, 0) is 15.8 Å². The van der Waals surface area contributed by atoms with E-state index in [2.05, 4.69) is 9.62 Å². The Balaban J connectivity index is 1.66. The SMILES string of the molecule is O=S(=O)(Cc1ccc(F)cc1)NCC(c1ccco1)N1CCCCC1. The highest BCUT2D eigenvalue weighted by Gasteiger charge is 2.26. The van der Waals surface area contributed by atoms with Crippen LogP contribution in [0.1, 0.15) is 36.6 Å². The van der Waals surface area contributed by atoms with Gasteiger partial charge in [-0.15, -0.1) is 0 Å². The number of piperidine rings is 1. The highest BCUT2D eigenvalue weighted by atomic mass is 32.2. The van der Waals surface area contributed by atoms with Crippen molar-refractivity contribution < 1.29 is 17.2 Å². The van der Waals surface area contributed by atoms with Crippen molar-refractivity contribution in [2.75, 3.05) is 19.6 Å². The molecule has 1 aromatic carbocycles. The summed E-state index contributed by atoms with van der Waals surface area (Å²) < 4.78 is 45.9. The van der Waals surface area contributed by atoms with Gasteiger partial charge in [-0.1, -0.05) is 18.6 Å². The summed E-state index contributed by atoms with van der Waals surface area (Å²) in [6.45, 7) is 2.13. The summed E-state index contributed by atoms with van der Waals surface area (Å²) in [7, 11) is -3.51. The third kappa shape index (κ3) is 5.14. The standard InChI is InChI=1S/C18H23FN2O3S/c19-16-8-6-15(7-9-16)14-25(22,23)20-13-17(18-5-4-12-24-18)21-10-2-1-3-11-21/h4-9,12,17,20H,1-3,10-11,13-14H2. The Bertz CT molecular complexity index is 754. The lowest BCUT2D eigenvalue weighted by Gasteiger charge is -2.33. The molecule has 2 heterocycles. The lowest BCUT2D eigenvalue weighted by Crippen LogP contribution is -2.40. The van der Waals surface area contributed by atoms with Crippen molar-refractivity contribution in [2.24, 2.45) is 0 Å². The molecule has 1 aliphatic rings. The summed E-state index contributed by atoms with van der Waals surface area (Å²) >= 11 is 0. The monoisotopic (exact) mass is 366 g/mol. The largest absolute Gasteiger partial charge is 0.468 e. The Labute approximate surface area is 147 Å². The van der Waals surface area contributed by atoms with Gasteiger partial charge in [0.1, 0.15) is 11.6 Å². The van der Waals surface area contributed by atoms with Gasteiger partial charge in [0.05, 0.1) is 18.1 Å². The van der Waals surface area contributed by atoms with Crippen LogP contribution in [0.5, 0.6) is 0 Å². The molecule has 1 aromatic heterocycles.